The van der Waals surface area contributed by atoms with E-state index in [1.54, 1.807) is 31.5 Å². The average Bonchev–Trinajstić information content (AvgIpc) is 3.17. The van der Waals surface area contributed by atoms with Crippen molar-refractivity contribution in [3.8, 4) is 11.5 Å². The lowest BCUT2D eigenvalue weighted by molar-refractivity contribution is 0.102. The highest BCUT2D eigenvalue weighted by molar-refractivity contribution is 6.04. The molecule has 1 N–H and O–H groups in total. The summed E-state index contributed by atoms with van der Waals surface area (Å²) in [6, 6.07) is 8.95. The highest BCUT2D eigenvalue weighted by Crippen LogP contribution is 2.28. The molecule has 0 unspecified atom stereocenters. The van der Waals surface area contributed by atoms with E-state index >= 15 is 0 Å². The van der Waals surface area contributed by atoms with Gasteiger partial charge in [0.1, 0.15) is 5.82 Å². The number of carbonyl (C=O) groups is 1. The third-order valence-electron chi connectivity index (χ3n) is 4.16. The number of amides is 1. The van der Waals surface area contributed by atoms with E-state index in [0.717, 1.165) is 18.9 Å². The molecule has 3 rings (SSSR count). The number of nitrogens with one attached hydrogen (secondary N) is 1. The third kappa shape index (κ3) is 4.02. The van der Waals surface area contributed by atoms with Gasteiger partial charge in [-0.3, -0.25) is 4.79 Å². The maximum Gasteiger partial charge on any atom is 0.255 e. The fourth-order valence-corrected chi connectivity index (χ4v) is 2.88. The van der Waals surface area contributed by atoms with E-state index in [-0.39, 0.29) is 5.91 Å². The summed E-state index contributed by atoms with van der Waals surface area (Å²) in [7, 11) is 1.57. The number of aromatic nitrogens is 1. The van der Waals surface area contributed by atoms with Gasteiger partial charge in [0.05, 0.1) is 25.6 Å². The van der Waals surface area contributed by atoms with Crippen LogP contribution in [0.5, 0.6) is 11.5 Å². The highest BCUT2D eigenvalue weighted by Gasteiger charge is 2.14. The number of rotatable bonds is 6. The van der Waals surface area contributed by atoms with Gasteiger partial charge in [-0.05, 0) is 50.1 Å². The molecule has 2 aromatic rings. The fraction of sp³-hybridized carbons (Fsp3) is 0.368. The van der Waals surface area contributed by atoms with Gasteiger partial charge in [0.25, 0.3) is 5.91 Å². The van der Waals surface area contributed by atoms with Gasteiger partial charge in [0, 0.05) is 18.7 Å². The van der Waals surface area contributed by atoms with Gasteiger partial charge in [-0.1, -0.05) is 0 Å². The van der Waals surface area contributed by atoms with Crippen LogP contribution in [0.15, 0.2) is 36.5 Å². The second-order valence-electron chi connectivity index (χ2n) is 5.85. The summed E-state index contributed by atoms with van der Waals surface area (Å²) in [5, 5.41) is 2.87. The zero-order chi connectivity index (χ0) is 17.6. The minimum Gasteiger partial charge on any atom is -0.493 e. The van der Waals surface area contributed by atoms with Gasteiger partial charge in [-0.2, -0.15) is 0 Å². The molecule has 1 amide bonds. The van der Waals surface area contributed by atoms with Crippen molar-refractivity contribution in [2.45, 2.75) is 19.8 Å². The molecule has 1 aliphatic rings. The molecule has 1 aromatic carbocycles. The first kappa shape index (κ1) is 17.1. The fourth-order valence-electron chi connectivity index (χ4n) is 2.88. The van der Waals surface area contributed by atoms with Crippen LogP contribution >= 0.6 is 0 Å². The van der Waals surface area contributed by atoms with Gasteiger partial charge in [0.2, 0.25) is 0 Å². The van der Waals surface area contributed by atoms with E-state index in [2.05, 4.69) is 15.2 Å². The van der Waals surface area contributed by atoms with E-state index in [1.807, 2.05) is 19.1 Å². The molecule has 0 atom stereocenters. The SMILES string of the molecule is CCOc1cc(C(=O)Nc2ccc(N3CCCC3)nc2)ccc1OC. The Morgan fingerprint density at radius 2 is 2.00 bits per heavy atom. The Bertz CT molecular complexity index is 725. The Morgan fingerprint density at radius 3 is 2.64 bits per heavy atom. The molecular weight excluding hydrogens is 318 g/mol. The monoisotopic (exact) mass is 341 g/mol. The van der Waals surface area contributed by atoms with E-state index in [0.29, 0.717) is 29.4 Å². The van der Waals surface area contributed by atoms with Crippen molar-refractivity contribution >= 4 is 17.4 Å². The Morgan fingerprint density at radius 1 is 1.20 bits per heavy atom. The molecule has 0 spiro atoms. The van der Waals surface area contributed by atoms with Gasteiger partial charge in [-0.15, -0.1) is 0 Å². The lowest BCUT2D eigenvalue weighted by atomic mass is 10.2. The van der Waals surface area contributed by atoms with Crippen LogP contribution in [-0.2, 0) is 0 Å². The van der Waals surface area contributed by atoms with Gasteiger partial charge < -0.3 is 19.7 Å². The van der Waals surface area contributed by atoms with Crippen molar-refractivity contribution in [2.75, 3.05) is 37.0 Å². The van der Waals surface area contributed by atoms with Crippen molar-refractivity contribution in [3.05, 3.63) is 42.1 Å². The topological polar surface area (TPSA) is 63.7 Å². The standard InChI is InChI=1S/C19H23N3O3/c1-3-25-17-12-14(6-8-16(17)24-2)19(23)21-15-7-9-18(20-13-15)22-10-4-5-11-22/h6-9,12-13H,3-5,10-11H2,1-2H3,(H,21,23). The smallest absolute Gasteiger partial charge is 0.255 e. The van der Waals surface area contributed by atoms with E-state index < -0.39 is 0 Å². The number of methoxy groups -OCH3 is 1. The third-order valence-corrected chi connectivity index (χ3v) is 4.16. The van der Waals surface area contributed by atoms with Gasteiger partial charge >= 0.3 is 0 Å². The van der Waals surface area contributed by atoms with Gasteiger partial charge in [-0.25, -0.2) is 4.98 Å². The predicted octanol–water partition coefficient (Wildman–Crippen LogP) is 3.34. The average molecular weight is 341 g/mol. The Labute approximate surface area is 147 Å². The molecule has 132 valence electrons. The molecular formula is C19H23N3O3. The number of hydrogen-bond donors (Lipinski definition) is 1. The van der Waals surface area contributed by atoms with Crippen molar-refractivity contribution in [1.82, 2.24) is 4.98 Å². The Hall–Kier alpha value is -2.76. The number of pyridine rings is 1. The first-order valence-electron chi connectivity index (χ1n) is 8.54. The van der Waals surface area contributed by atoms with Crippen LogP contribution in [0.4, 0.5) is 11.5 Å². The molecule has 0 bridgehead atoms. The van der Waals surface area contributed by atoms with Crippen molar-refractivity contribution in [1.29, 1.82) is 0 Å². The summed E-state index contributed by atoms with van der Waals surface area (Å²) in [6.45, 7) is 4.48. The summed E-state index contributed by atoms with van der Waals surface area (Å²) in [6.07, 6.45) is 4.11. The van der Waals surface area contributed by atoms with Crippen LogP contribution in [0.1, 0.15) is 30.1 Å². The van der Waals surface area contributed by atoms with Crippen LogP contribution in [0, 0.1) is 0 Å². The van der Waals surface area contributed by atoms with Crippen LogP contribution in [-0.4, -0.2) is 37.7 Å². The normalized spacial score (nSPS) is 13.6. The first-order chi connectivity index (χ1) is 12.2. The second-order valence-corrected chi connectivity index (χ2v) is 5.85. The van der Waals surface area contributed by atoms with Crippen LogP contribution in [0.3, 0.4) is 0 Å². The largest absolute Gasteiger partial charge is 0.493 e. The second kappa shape index (κ2) is 7.88. The molecule has 0 saturated carbocycles. The highest BCUT2D eigenvalue weighted by atomic mass is 16.5. The van der Waals surface area contributed by atoms with E-state index in [9.17, 15) is 4.79 Å². The molecule has 2 heterocycles. The number of carbonyl (C=O) groups excluding carboxylic acids is 1. The lowest BCUT2D eigenvalue weighted by Crippen LogP contribution is -2.19. The maximum atomic E-state index is 12.5. The first-order valence-corrected chi connectivity index (χ1v) is 8.54. The number of hydrogen-bond acceptors (Lipinski definition) is 5. The molecule has 6 heteroatoms. The quantitative estimate of drug-likeness (QED) is 0.873. The summed E-state index contributed by atoms with van der Waals surface area (Å²) in [5.41, 5.74) is 1.18. The van der Waals surface area contributed by atoms with Crippen LogP contribution in [0.2, 0.25) is 0 Å². The molecule has 1 saturated heterocycles. The zero-order valence-corrected chi connectivity index (χ0v) is 14.6. The van der Waals surface area contributed by atoms with E-state index in [4.69, 9.17) is 9.47 Å². The Kier molecular flexibility index (Phi) is 5.38. The minimum absolute atomic E-state index is 0.209. The molecule has 6 nitrogen and oxygen atoms in total. The number of ether oxygens (including phenoxy) is 2. The van der Waals surface area contributed by atoms with Crippen LogP contribution < -0.4 is 19.7 Å². The molecule has 1 aliphatic heterocycles. The maximum absolute atomic E-state index is 12.5. The minimum atomic E-state index is -0.209. The summed E-state index contributed by atoms with van der Waals surface area (Å²) in [5.74, 6) is 1.91. The summed E-state index contributed by atoms with van der Waals surface area (Å²) < 4.78 is 10.8. The summed E-state index contributed by atoms with van der Waals surface area (Å²) in [4.78, 5) is 19.2. The Balaban J connectivity index is 1.70. The lowest BCUT2D eigenvalue weighted by Gasteiger charge is -2.16. The number of nitrogens with zero attached hydrogens (tertiary/aromatic N) is 2. The zero-order valence-electron chi connectivity index (χ0n) is 14.6. The number of anilines is 2. The van der Waals surface area contributed by atoms with E-state index in [1.165, 1.54) is 12.8 Å². The molecule has 1 aromatic heterocycles. The van der Waals surface area contributed by atoms with Crippen molar-refractivity contribution < 1.29 is 14.3 Å². The molecule has 0 aliphatic carbocycles. The predicted molar refractivity (Wildman–Crippen MR) is 97.8 cm³/mol. The van der Waals surface area contributed by atoms with Crippen molar-refractivity contribution in [2.24, 2.45) is 0 Å². The molecule has 1 fully saturated rings. The van der Waals surface area contributed by atoms with Crippen LogP contribution in [0.25, 0.3) is 0 Å². The molecule has 0 radical (unpaired) electrons. The van der Waals surface area contributed by atoms with Gasteiger partial charge in [0.15, 0.2) is 11.5 Å². The number of benzene rings is 1. The summed E-state index contributed by atoms with van der Waals surface area (Å²) >= 11 is 0. The van der Waals surface area contributed by atoms with Crippen molar-refractivity contribution in [3.63, 3.8) is 0 Å². The molecule has 25 heavy (non-hydrogen) atoms.